The lowest BCUT2D eigenvalue weighted by molar-refractivity contribution is 0.0762. The van der Waals surface area contributed by atoms with E-state index in [2.05, 4.69) is 21.3 Å². The number of anilines is 1. The third-order valence-corrected chi connectivity index (χ3v) is 6.11. The molecule has 2 aliphatic heterocycles. The first-order chi connectivity index (χ1) is 15.6. The smallest absolute Gasteiger partial charge is 0.317 e. The molecule has 1 aromatic carbocycles. The van der Waals surface area contributed by atoms with Gasteiger partial charge in [0.1, 0.15) is 11.9 Å². The van der Waals surface area contributed by atoms with Crippen LogP contribution in [0.3, 0.4) is 0 Å². The van der Waals surface area contributed by atoms with Crippen molar-refractivity contribution in [1.29, 1.82) is 5.26 Å². The first-order valence-corrected chi connectivity index (χ1v) is 11.1. The molecule has 2 saturated heterocycles. The zero-order valence-electron chi connectivity index (χ0n) is 18.1. The summed E-state index contributed by atoms with van der Waals surface area (Å²) in [4.78, 5) is 35.8. The maximum absolute atomic E-state index is 12.8. The Kier molecular flexibility index (Phi) is 6.85. The van der Waals surface area contributed by atoms with E-state index in [-0.39, 0.29) is 18.0 Å². The van der Waals surface area contributed by atoms with Crippen LogP contribution in [0.4, 0.5) is 10.6 Å². The summed E-state index contributed by atoms with van der Waals surface area (Å²) in [7, 11) is 0. The van der Waals surface area contributed by atoms with Crippen LogP contribution in [0.25, 0.3) is 0 Å². The van der Waals surface area contributed by atoms with Crippen molar-refractivity contribution in [2.24, 2.45) is 0 Å². The summed E-state index contributed by atoms with van der Waals surface area (Å²) in [6, 6.07) is 15.1. The van der Waals surface area contributed by atoms with Gasteiger partial charge in [0.15, 0.2) is 0 Å². The quantitative estimate of drug-likeness (QED) is 0.804. The molecular weight excluding hydrogens is 404 g/mol. The second kappa shape index (κ2) is 10.1. The van der Waals surface area contributed by atoms with Crippen molar-refractivity contribution in [3.8, 4) is 6.07 Å². The minimum Gasteiger partial charge on any atom is -0.356 e. The highest BCUT2D eigenvalue weighted by atomic mass is 16.2. The number of nitrogens with one attached hydrogen (secondary N) is 1. The molecule has 166 valence electrons. The van der Waals surface area contributed by atoms with E-state index >= 15 is 0 Å². The van der Waals surface area contributed by atoms with Gasteiger partial charge in [-0.3, -0.25) is 4.79 Å². The number of nitrogens with zero attached hydrogens (tertiary/aromatic N) is 5. The number of nitriles is 1. The number of benzene rings is 1. The van der Waals surface area contributed by atoms with Gasteiger partial charge in [0.2, 0.25) is 0 Å². The Morgan fingerprint density at radius 1 is 0.938 bits per heavy atom. The molecule has 0 aliphatic carbocycles. The van der Waals surface area contributed by atoms with E-state index in [1.165, 1.54) is 0 Å². The summed E-state index contributed by atoms with van der Waals surface area (Å²) in [5.41, 5.74) is 1.24. The molecule has 1 aromatic heterocycles. The average molecular weight is 433 g/mol. The molecule has 0 spiro atoms. The summed E-state index contributed by atoms with van der Waals surface area (Å²) in [5.74, 6) is 0.890. The largest absolute Gasteiger partial charge is 0.356 e. The Hall–Kier alpha value is -3.60. The Morgan fingerprint density at radius 2 is 1.66 bits per heavy atom. The number of hydrogen-bond donors (Lipinski definition) is 1. The van der Waals surface area contributed by atoms with Crippen LogP contribution in [0, 0.1) is 11.3 Å². The highest BCUT2D eigenvalue weighted by Crippen LogP contribution is 2.18. The lowest BCUT2D eigenvalue weighted by Crippen LogP contribution is -2.50. The average Bonchev–Trinajstić information content (AvgIpc) is 3.11. The van der Waals surface area contributed by atoms with E-state index < -0.39 is 0 Å². The second-order valence-electron chi connectivity index (χ2n) is 8.23. The minimum absolute atomic E-state index is 0.0247. The molecule has 1 N–H and O–H groups in total. The number of aromatic nitrogens is 1. The van der Waals surface area contributed by atoms with E-state index in [0.717, 1.165) is 38.2 Å². The zero-order valence-corrected chi connectivity index (χ0v) is 18.1. The SMILES string of the molecule is N#Cc1ccc(N2CCC(NC(=O)N3CCCN(C(=O)c4ccccc4)CC3)CC2)nc1. The van der Waals surface area contributed by atoms with Crippen molar-refractivity contribution in [2.75, 3.05) is 44.2 Å². The topological polar surface area (TPSA) is 92.6 Å². The van der Waals surface area contributed by atoms with Crippen molar-refractivity contribution in [2.45, 2.75) is 25.3 Å². The molecule has 32 heavy (non-hydrogen) atoms. The lowest BCUT2D eigenvalue weighted by Gasteiger charge is -2.34. The number of hydrogen-bond acceptors (Lipinski definition) is 5. The van der Waals surface area contributed by atoms with Gasteiger partial charge in [-0.25, -0.2) is 9.78 Å². The number of rotatable bonds is 3. The molecule has 0 saturated carbocycles. The van der Waals surface area contributed by atoms with E-state index in [1.807, 2.05) is 46.2 Å². The fraction of sp³-hybridized carbons (Fsp3) is 0.417. The summed E-state index contributed by atoms with van der Waals surface area (Å²) < 4.78 is 0. The molecular formula is C24H28N6O2. The summed E-state index contributed by atoms with van der Waals surface area (Å²) in [6.07, 6.45) is 4.06. The fourth-order valence-corrected chi connectivity index (χ4v) is 4.25. The Labute approximate surface area is 188 Å². The number of urea groups is 1. The third kappa shape index (κ3) is 5.17. The van der Waals surface area contributed by atoms with Crippen LogP contribution in [0.2, 0.25) is 0 Å². The van der Waals surface area contributed by atoms with E-state index in [1.54, 1.807) is 12.3 Å². The van der Waals surface area contributed by atoms with E-state index in [9.17, 15) is 9.59 Å². The van der Waals surface area contributed by atoms with Crippen molar-refractivity contribution in [3.63, 3.8) is 0 Å². The molecule has 3 amide bonds. The molecule has 3 heterocycles. The third-order valence-electron chi connectivity index (χ3n) is 6.11. The number of pyridine rings is 1. The summed E-state index contributed by atoms with van der Waals surface area (Å²) >= 11 is 0. The Morgan fingerprint density at radius 3 is 2.34 bits per heavy atom. The van der Waals surface area contributed by atoms with Gasteiger partial charge >= 0.3 is 6.03 Å². The van der Waals surface area contributed by atoms with Gasteiger partial charge in [-0.05, 0) is 43.5 Å². The minimum atomic E-state index is -0.0473. The normalized spacial score (nSPS) is 17.4. The van der Waals surface area contributed by atoms with Gasteiger partial charge in [0.25, 0.3) is 5.91 Å². The Balaban J connectivity index is 1.25. The molecule has 0 bridgehead atoms. The lowest BCUT2D eigenvalue weighted by atomic mass is 10.1. The van der Waals surface area contributed by atoms with Gasteiger partial charge < -0.3 is 20.0 Å². The zero-order chi connectivity index (χ0) is 22.3. The van der Waals surface area contributed by atoms with Crippen LogP contribution in [-0.2, 0) is 0 Å². The van der Waals surface area contributed by atoms with Crippen LogP contribution in [-0.4, -0.2) is 72.0 Å². The molecule has 0 atom stereocenters. The predicted molar refractivity (Wildman–Crippen MR) is 121 cm³/mol. The van der Waals surface area contributed by atoms with Gasteiger partial charge in [-0.2, -0.15) is 5.26 Å². The van der Waals surface area contributed by atoms with Crippen molar-refractivity contribution < 1.29 is 9.59 Å². The summed E-state index contributed by atoms with van der Waals surface area (Å²) in [6.45, 7) is 4.01. The summed E-state index contributed by atoms with van der Waals surface area (Å²) in [5, 5.41) is 12.1. The highest BCUT2D eigenvalue weighted by Gasteiger charge is 2.26. The molecule has 2 fully saturated rings. The van der Waals surface area contributed by atoms with Crippen LogP contribution in [0.5, 0.6) is 0 Å². The number of carbonyl (C=O) groups excluding carboxylic acids is 2. The molecule has 4 rings (SSSR count). The predicted octanol–water partition coefficient (Wildman–Crippen LogP) is 2.48. The van der Waals surface area contributed by atoms with Crippen molar-refractivity contribution in [1.82, 2.24) is 20.1 Å². The van der Waals surface area contributed by atoms with Gasteiger partial charge in [-0.1, -0.05) is 18.2 Å². The molecule has 2 aliphatic rings. The van der Waals surface area contributed by atoms with Crippen molar-refractivity contribution >= 4 is 17.8 Å². The number of piperidine rings is 1. The first-order valence-electron chi connectivity index (χ1n) is 11.1. The van der Waals surface area contributed by atoms with E-state index in [4.69, 9.17) is 5.26 Å². The highest BCUT2D eigenvalue weighted by molar-refractivity contribution is 5.94. The number of carbonyl (C=O) groups is 2. The monoisotopic (exact) mass is 432 g/mol. The van der Waals surface area contributed by atoms with Gasteiger partial charge in [0, 0.05) is 57.1 Å². The molecule has 8 heteroatoms. The maximum atomic E-state index is 12.8. The first kappa shape index (κ1) is 21.6. The van der Waals surface area contributed by atoms with E-state index in [0.29, 0.717) is 37.3 Å². The molecule has 0 radical (unpaired) electrons. The van der Waals surface area contributed by atoms with Crippen LogP contribution >= 0.6 is 0 Å². The second-order valence-corrected chi connectivity index (χ2v) is 8.23. The fourth-order valence-electron chi connectivity index (χ4n) is 4.25. The molecule has 8 nitrogen and oxygen atoms in total. The van der Waals surface area contributed by atoms with Gasteiger partial charge in [-0.15, -0.1) is 0 Å². The maximum Gasteiger partial charge on any atom is 0.317 e. The van der Waals surface area contributed by atoms with Crippen LogP contribution in [0.15, 0.2) is 48.7 Å². The standard InChI is InChI=1S/C24H28N6O2/c25-17-19-7-8-22(26-18-19)28-13-9-21(10-14-28)27-24(32)30-12-4-11-29(15-16-30)23(31)20-5-2-1-3-6-20/h1-3,5-8,18,21H,4,9-16H2,(H,27,32). The van der Waals surface area contributed by atoms with Crippen molar-refractivity contribution in [3.05, 3.63) is 59.8 Å². The molecule has 2 aromatic rings. The Bertz CT molecular complexity index is 964. The van der Waals surface area contributed by atoms with Crippen LogP contribution in [0.1, 0.15) is 35.2 Å². The molecule has 0 unspecified atom stereocenters. The van der Waals surface area contributed by atoms with Gasteiger partial charge in [0.05, 0.1) is 5.56 Å². The number of amides is 3. The van der Waals surface area contributed by atoms with Crippen LogP contribution < -0.4 is 10.2 Å².